The Balaban J connectivity index is 1.67. The van der Waals surface area contributed by atoms with Gasteiger partial charge in [-0.25, -0.2) is 9.48 Å². The van der Waals surface area contributed by atoms with Crippen LogP contribution in [0.2, 0.25) is 0 Å². The number of amides is 2. The minimum Gasteiger partial charge on any atom is -0.390 e. The van der Waals surface area contributed by atoms with Crippen LogP contribution in [0.15, 0.2) is 18.3 Å². The van der Waals surface area contributed by atoms with E-state index in [1.165, 1.54) is 0 Å². The summed E-state index contributed by atoms with van der Waals surface area (Å²) in [6, 6.07) is 3.59. The van der Waals surface area contributed by atoms with Crippen molar-refractivity contribution in [2.45, 2.75) is 45.9 Å². The molecular formula is C16H22N6O2. The van der Waals surface area contributed by atoms with Crippen molar-refractivity contribution in [3.63, 3.8) is 0 Å². The molecule has 0 bridgehead atoms. The number of hydrogen-bond donors (Lipinski definition) is 2. The zero-order chi connectivity index (χ0) is 17.3. The molecule has 3 heterocycles. The molecule has 1 aliphatic heterocycles. The van der Waals surface area contributed by atoms with Gasteiger partial charge in [0.2, 0.25) is 0 Å². The van der Waals surface area contributed by atoms with Crippen molar-refractivity contribution in [1.29, 1.82) is 0 Å². The zero-order valence-corrected chi connectivity index (χ0v) is 14.2. The highest BCUT2D eigenvalue weighted by Crippen LogP contribution is 2.21. The van der Waals surface area contributed by atoms with Gasteiger partial charge < -0.3 is 15.3 Å². The number of aliphatic hydroxyl groups is 1. The first-order valence-corrected chi connectivity index (χ1v) is 7.93. The van der Waals surface area contributed by atoms with Gasteiger partial charge in [-0.1, -0.05) is 26.0 Å². The van der Waals surface area contributed by atoms with Crippen LogP contribution in [0, 0.1) is 0 Å². The number of anilines is 1. The molecule has 24 heavy (non-hydrogen) atoms. The maximum atomic E-state index is 12.5. The van der Waals surface area contributed by atoms with Gasteiger partial charge in [0.25, 0.3) is 0 Å². The van der Waals surface area contributed by atoms with E-state index in [2.05, 4.69) is 41.4 Å². The molecule has 0 fully saturated rings. The highest BCUT2D eigenvalue weighted by atomic mass is 16.3. The Morgan fingerprint density at radius 1 is 1.33 bits per heavy atom. The van der Waals surface area contributed by atoms with Crippen molar-refractivity contribution >= 4 is 11.7 Å². The Hall–Kier alpha value is -2.48. The van der Waals surface area contributed by atoms with Crippen molar-refractivity contribution in [3.05, 3.63) is 35.4 Å². The molecule has 8 heteroatoms. The first-order chi connectivity index (χ1) is 11.4. The van der Waals surface area contributed by atoms with E-state index in [4.69, 9.17) is 0 Å². The molecule has 0 aliphatic carbocycles. The molecule has 0 atom stereocenters. The average Bonchev–Trinajstić information content (AvgIpc) is 2.96. The van der Waals surface area contributed by atoms with Crippen LogP contribution in [0.25, 0.3) is 0 Å². The number of aromatic nitrogens is 4. The third-order valence-electron chi connectivity index (χ3n) is 4.06. The lowest BCUT2D eigenvalue weighted by Crippen LogP contribution is -2.41. The fourth-order valence-corrected chi connectivity index (χ4v) is 2.61. The van der Waals surface area contributed by atoms with Crippen molar-refractivity contribution in [2.24, 2.45) is 0 Å². The van der Waals surface area contributed by atoms with Crippen LogP contribution < -0.4 is 5.32 Å². The number of fused-ring (bicyclic) bond motifs is 1. The van der Waals surface area contributed by atoms with Crippen LogP contribution in [0.3, 0.4) is 0 Å². The lowest BCUT2D eigenvalue weighted by molar-refractivity contribution is 0.193. The lowest BCUT2D eigenvalue weighted by atomic mass is 9.92. The molecule has 0 aromatic carbocycles. The number of rotatable bonds is 2. The minimum atomic E-state index is -0.198. The number of nitrogens with one attached hydrogen (secondary N) is 1. The molecule has 3 rings (SSSR count). The van der Waals surface area contributed by atoms with E-state index in [-0.39, 0.29) is 18.1 Å². The van der Waals surface area contributed by atoms with Gasteiger partial charge in [0.05, 0.1) is 37.3 Å². The SMILES string of the molecule is CC(C)(C)c1ccc(NC(=O)N2CCn3nnc(CO)c3C2)cn1. The number of pyridine rings is 1. The van der Waals surface area contributed by atoms with Crippen LogP contribution >= 0.6 is 0 Å². The summed E-state index contributed by atoms with van der Waals surface area (Å²) in [7, 11) is 0. The number of urea groups is 1. The predicted molar refractivity (Wildman–Crippen MR) is 88.3 cm³/mol. The Labute approximate surface area is 140 Å². The first-order valence-electron chi connectivity index (χ1n) is 7.93. The number of aliphatic hydroxyl groups excluding tert-OH is 1. The van der Waals surface area contributed by atoms with E-state index in [9.17, 15) is 9.90 Å². The van der Waals surface area contributed by atoms with E-state index < -0.39 is 0 Å². The molecule has 8 nitrogen and oxygen atoms in total. The topological polar surface area (TPSA) is 96.2 Å². The smallest absolute Gasteiger partial charge is 0.322 e. The largest absolute Gasteiger partial charge is 0.390 e. The van der Waals surface area contributed by atoms with Gasteiger partial charge in [0.15, 0.2) is 0 Å². The molecule has 128 valence electrons. The van der Waals surface area contributed by atoms with Crippen molar-refractivity contribution in [1.82, 2.24) is 24.9 Å². The third-order valence-corrected chi connectivity index (χ3v) is 4.06. The number of nitrogens with zero attached hydrogens (tertiary/aromatic N) is 5. The van der Waals surface area contributed by atoms with E-state index in [0.29, 0.717) is 31.0 Å². The second kappa shape index (κ2) is 6.20. The monoisotopic (exact) mass is 330 g/mol. The van der Waals surface area contributed by atoms with Gasteiger partial charge in [-0.15, -0.1) is 5.10 Å². The molecule has 2 aromatic rings. The summed E-state index contributed by atoms with van der Waals surface area (Å²) in [5.41, 5.74) is 2.90. The van der Waals surface area contributed by atoms with Crippen molar-refractivity contribution in [3.8, 4) is 0 Å². The highest BCUT2D eigenvalue weighted by Gasteiger charge is 2.25. The Bertz CT molecular complexity index is 719. The predicted octanol–water partition coefficient (Wildman–Crippen LogP) is 1.51. The Morgan fingerprint density at radius 3 is 2.75 bits per heavy atom. The molecule has 0 saturated heterocycles. The zero-order valence-electron chi connectivity index (χ0n) is 14.2. The summed E-state index contributed by atoms with van der Waals surface area (Å²) in [5, 5.41) is 20.1. The van der Waals surface area contributed by atoms with Gasteiger partial charge >= 0.3 is 6.03 Å². The summed E-state index contributed by atoms with van der Waals surface area (Å²) < 4.78 is 1.73. The first kappa shape index (κ1) is 16.4. The van der Waals surface area contributed by atoms with Gasteiger partial charge in [-0.2, -0.15) is 0 Å². The molecule has 0 radical (unpaired) electrons. The summed E-state index contributed by atoms with van der Waals surface area (Å²) >= 11 is 0. The molecular weight excluding hydrogens is 308 g/mol. The van der Waals surface area contributed by atoms with Crippen LogP contribution in [0.4, 0.5) is 10.5 Å². The van der Waals surface area contributed by atoms with Crippen LogP contribution in [-0.2, 0) is 25.1 Å². The molecule has 0 unspecified atom stereocenters. The second-order valence-electron chi connectivity index (χ2n) is 6.90. The average molecular weight is 330 g/mol. The van der Waals surface area contributed by atoms with Crippen LogP contribution in [0.5, 0.6) is 0 Å². The van der Waals surface area contributed by atoms with Gasteiger partial charge in [0, 0.05) is 17.7 Å². The molecule has 0 saturated carbocycles. The quantitative estimate of drug-likeness (QED) is 0.870. The number of hydrogen-bond acceptors (Lipinski definition) is 5. The molecule has 0 spiro atoms. The van der Waals surface area contributed by atoms with Crippen LogP contribution in [0.1, 0.15) is 37.9 Å². The van der Waals surface area contributed by atoms with Gasteiger partial charge in [-0.3, -0.25) is 4.98 Å². The Kier molecular flexibility index (Phi) is 4.23. The maximum Gasteiger partial charge on any atom is 0.322 e. The lowest BCUT2D eigenvalue weighted by Gasteiger charge is -2.27. The molecule has 2 N–H and O–H groups in total. The van der Waals surface area contributed by atoms with Crippen molar-refractivity contribution in [2.75, 3.05) is 11.9 Å². The fraction of sp³-hybridized carbons (Fsp3) is 0.500. The molecule has 2 amide bonds. The summed E-state index contributed by atoms with van der Waals surface area (Å²) in [6.45, 7) is 7.59. The van der Waals surface area contributed by atoms with E-state index in [1.54, 1.807) is 15.8 Å². The minimum absolute atomic E-state index is 0.0263. The fourth-order valence-electron chi connectivity index (χ4n) is 2.61. The third kappa shape index (κ3) is 3.23. The number of carbonyl (C=O) groups is 1. The second-order valence-corrected chi connectivity index (χ2v) is 6.90. The molecule has 2 aromatic heterocycles. The summed E-state index contributed by atoms with van der Waals surface area (Å²) in [4.78, 5) is 18.5. The van der Waals surface area contributed by atoms with E-state index in [1.807, 2.05) is 12.1 Å². The van der Waals surface area contributed by atoms with Gasteiger partial charge in [-0.05, 0) is 12.1 Å². The normalized spacial score (nSPS) is 14.4. The van der Waals surface area contributed by atoms with E-state index >= 15 is 0 Å². The molecule has 1 aliphatic rings. The standard InChI is InChI=1S/C16H22N6O2/c1-16(2,3)14-5-4-11(8-17-14)18-15(24)21-6-7-22-13(9-21)12(10-23)19-20-22/h4-5,8,23H,6-7,9-10H2,1-3H3,(H,18,24). The summed E-state index contributed by atoms with van der Waals surface area (Å²) in [6.07, 6.45) is 1.67. The number of carbonyl (C=O) groups excluding carboxylic acids is 1. The van der Waals surface area contributed by atoms with E-state index in [0.717, 1.165) is 11.4 Å². The Morgan fingerprint density at radius 2 is 2.12 bits per heavy atom. The van der Waals surface area contributed by atoms with Gasteiger partial charge in [0.1, 0.15) is 5.69 Å². The maximum absolute atomic E-state index is 12.5. The van der Waals surface area contributed by atoms with Crippen LogP contribution in [-0.4, -0.2) is 42.6 Å². The highest BCUT2D eigenvalue weighted by molar-refractivity contribution is 5.89. The van der Waals surface area contributed by atoms with Crippen molar-refractivity contribution < 1.29 is 9.90 Å². The summed E-state index contributed by atoms with van der Waals surface area (Å²) in [5.74, 6) is 0.